The first-order chi connectivity index (χ1) is 16.8. The lowest BCUT2D eigenvalue weighted by molar-refractivity contribution is -0.144. The number of carbonyl (C=O) groups is 4. The highest BCUT2D eigenvalue weighted by Gasteiger charge is 2.36. The number of para-hydroxylation sites is 1. The van der Waals surface area contributed by atoms with Gasteiger partial charge in [-0.2, -0.15) is 0 Å². The lowest BCUT2D eigenvalue weighted by Crippen LogP contribution is -2.52. The van der Waals surface area contributed by atoms with Gasteiger partial charge in [-0.1, -0.05) is 31.5 Å². The molecule has 10 nitrogen and oxygen atoms in total. The number of aromatic hydroxyl groups is 1. The molecule has 0 aliphatic rings. The maximum Gasteiger partial charge on any atom is 0.408 e. The smallest absolute Gasteiger partial charge is 0.408 e. The van der Waals surface area contributed by atoms with E-state index in [1.165, 1.54) is 11.8 Å². The van der Waals surface area contributed by atoms with E-state index >= 15 is 0 Å². The van der Waals surface area contributed by atoms with Crippen molar-refractivity contribution in [1.29, 1.82) is 0 Å². The van der Waals surface area contributed by atoms with Gasteiger partial charge in [0.1, 0.15) is 23.4 Å². The van der Waals surface area contributed by atoms with Crippen molar-refractivity contribution in [3.05, 3.63) is 29.3 Å². The van der Waals surface area contributed by atoms with Gasteiger partial charge < -0.3 is 30.1 Å². The van der Waals surface area contributed by atoms with E-state index in [1.54, 1.807) is 52.8 Å². The molecule has 0 saturated heterocycles. The first kappa shape index (κ1) is 30.7. The molecular formula is C26H41N3O7. The van der Waals surface area contributed by atoms with Gasteiger partial charge in [-0.15, -0.1) is 0 Å². The number of ether oxygens (including phenoxy) is 2. The molecule has 202 valence electrons. The Kier molecular flexibility index (Phi) is 12.2. The van der Waals surface area contributed by atoms with Crippen molar-refractivity contribution in [2.24, 2.45) is 0 Å². The third-order valence-corrected chi connectivity index (χ3v) is 5.20. The van der Waals surface area contributed by atoms with Crippen molar-refractivity contribution < 1.29 is 33.8 Å². The van der Waals surface area contributed by atoms with Gasteiger partial charge in [0, 0.05) is 18.7 Å². The second-order valence-corrected chi connectivity index (χ2v) is 9.51. The van der Waals surface area contributed by atoms with Crippen LogP contribution >= 0.6 is 0 Å². The van der Waals surface area contributed by atoms with Crippen LogP contribution in [0, 0.1) is 6.92 Å². The van der Waals surface area contributed by atoms with E-state index in [0.29, 0.717) is 12.0 Å². The highest BCUT2D eigenvalue weighted by atomic mass is 16.6. The van der Waals surface area contributed by atoms with Crippen LogP contribution in [0.1, 0.15) is 78.0 Å². The third kappa shape index (κ3) is 9.75. The Morgan fingerprint density at radius 1 is 1.14 bits per heavy atom. The van der Waals surface area contributed by atoms with Crippen molar-refractivity contribution >= 4 is 23.9 Å². The average Bonchev–Trinajstić information content (AvgIpc) is 2.77. The average molecular weight is 508 g/mol. The van der Waals surface area contributed by atoms with Crippen molar-refractivity contribution in [2.45, 2.75) is 85.4 Å². The molecule has 36 heavy (non-hydrogen) atoms. The SMILES string of the molecule is CCCCN(C(=O)C(C)NC(=O)OC(C)(C)C)C(C(=O)NCCC(=O)OCC)c1cccc(C)c1O. The van der Waals surface area contributed by atoms with Gasteiger partial charge in [0.15, 0.2) is 0 Å². The van der Waals surface area contributed by atoms with Gasteiger partial charge in [0.25, 0.3) is 0 Å². The normalized spacial score (nSPS) is 12.8. The summed E-state index contributed by atoms with van der Waals surface area (Å²) in [5.41, 5.74) is 0.0425. The Balaban J connectivity index is 3.30. The molecule has 1 aromatic carbocycles. The summed E-state index contributed by atoms with van der Waals surface area (Å²) in [5.74, 6) is -1.64. The largest absolute Gasteiger partial charge is 0.507 e. The quantitative estimate of drug-likeness (QED) is 0.369. The van der Waals surface area contributed by atoms with Crippen molar-refractivity contribution in [1.82, 2.24) is 15.5 Å². The van der Waals surface area contributed by atoms with Crippen LogP contribution in [0.3, 0.4) is 0 Å². The molecule has 0 aromatic heterocycles. The minimum Gasteiger partial charge on any atom is -0.507 e. The fourth-order valence-corrected chi connectivity index (χ4v) is 3.46. The second-order valence-electron chi connectivity index (χ2n) is 9.51. The Bertz CT molecular complexity index is 911. The predicted octanol–water partition coefficient (Wildman–Crippen LogP) is 3.35. The first-order valence-corrected chi connectivity index (χ1v) is 12.3. The third-order valence-electron chi connectivity index (χ3n) is 5.20. The zero-order chi connectivity index (χ0) is 27.5. The molecular weight excluding hydrogens is 466 g/mol. The van der Waals surface area contributed by atoms with E-state index < -0.39 is 41.6 Å². The van der Waals surface area contributed by atoms with Gasteiger partial charge in [-0.3, -0.25) is 14.4 Å². The summed E-state index contributed by atoms with van der Waals surface area (Å²) in [4.78, 5) is 52.3. The number of phenols is 1. The number of phenolic OH excluding ortho intramolecular Hbond substituents is 1. The van der Waals surface area contributed by atoms with Crippen molar-refractivity contribution in [2.75, 3.05) is 19.7 Å². The van der Waals surface area contributed by atoms with Crippen LogP contribution in [0.15, 0.2) is 18.2 Å². The van der Waals surface area contributed by atoms with Crippen LogP contribution in [0.4, 0.5) is 4.79 Å². The van der Waals surface area contributed by atoms with Crippen LogP contribution in [-0.2, 0) is 23.9 Å². The van der Waals surface area contributed by atoms with E-state index in [1.807, 2.05) is 6.92 Å². The summed E-state index contributed by atoms with van der Waals surface area (Å²) in [5, 5.41) is 16.0. The van der Waals surface area contributed by atoms with Crippen LogP contribution in [0.5, 0.6) is 5.75 Å². The first-order valence-electron chi connectivity index (χ1n) is 12.3. The number of nitrogens with zero attached hydrogens (tertiary/aromatic N) is 1. The Labute approximate surface area is 213 Å². The molecule has 2 atom stereocenters. The van der Waals surface area contributed by atoms with Gasteiger partial charge in [0.05, 0.1) is 13.0 Å². The predicted molar refractivity (Wildman–Crippen MR) is 135 cm³/mol. The van der Waals surface area contributed by atoms with Crippen molar-refractivity contribution in [3.63, 3.8) is 0 Å². The number of carbonyl (C=O) groups excluding carboxylic acids is 4. The van der Waals surface area contributed by atoms with E-state index in [0.717, 1.165) is 6.42 Å². The van der Waals surface area contributed by atoms with Gasteiger partial charge in [0.2, 0.25) is 11.8 Å². The number of aryl methyl sites for hydroxylation is 1. The lowest BCUT2D eigenvalue weighted by Gasteiger charge is -2.34. The van der Waals surface area contributed by atoms with Crippen LogP contribution in [0.25, 0.3) is 0 Å². The zero-order valence-electron chi connectivity index (χ0n) is 22.5. The van der Waals surface area contributed by atoms with Crippen LogP contribution < -0.4 is 10.6 Å². The Morgan fingerprint density at radius 3 is 2.39 bits per heavy atom. The number of esters is 1. The minimum absolute atomic E-state index is 0.00225. The monoisotopic (exact) mass is 507 g/mol. The molecule has 0 aliphatic carbocycles. The molecule has 0 heterocycles. The summed E-state index contributed by atoms with van der Waals surface area (Å²) in [6.07, 6.45) is 0.539. The van der Waals surface area contributed by atoms with Crippen molar-refractivity contribution in [3.8, 4) is 5.75 Å². The lowest BCUT2D eigenvalue weighted by atomic mass is 9.99. The number of rotatable bonds is 12. The molecule has 0 fully saturated rings. The highest BCUT2D eigenvalue weighted by molar-refractivity contribution is 5.92. The fourth-order valence-electron chi connectivity index (χ4n) is 3.46. The van der Waals surface area contributed by atoms with Gasteiger partial charge in [-0.05, 0) is 53.5 Å². The summed E-state index contributed by atoms with van der Waals surface area (Å²) < 4.78 is 10.2. The zero-order valence-corrected chi connectivity index (χ0v) is 22.5. The molecule has 0 spiro atoms. The van der Waals surface area contributed by atoms with Gasteiger partial charge in [-0.25, -0.2) is 4.79 Å². The molecule has 3 amide bonds. The molecule has 1 aromatic rings. The number of unbranched alkanes of at least 4 members (excludes halogenated alkanes) is 1. The number of benzene rings is 1. The summed E-state index contributed by atoms with van der Waals surface area (Å²) >= 11 is 0. The summed E-state index contributed by atoms with van der Waals surface area (Å²) in [6, 6.07) is 2.77. The van der Waals surface area contributed by atoms with Crippen LogP contribution in [0.2, 0.25) is 0 Å². The molecule has 3 N–H and O–H groups in total. The Hall–Kier alpha value is -3.30. The van der Waals surface area contributed by atoms with Gasteiger partial charge >= 0.3 is 12.1 Å². The molecule has 1 rings (SSSR count). The van der Waals surface area contributed by atoms with E-state index in [4.69, 9.17) is 9.47 Å². The van der Waals surface area contributed by atoms with Crippen LogP contribution in [-0.4, -0.2) is 65.2 Å². The minimum atomic E-state index is -1.19. The number of nitrogens with one attached hydrogen (secondary N) is 2. The molecule has 0 radical (unpaired) electrons. The number of amides is 3. The topological polar surface area (TPSA) is 134 Å². The Morgan fingerprint density at radius 2 is 1.81 bits per heavy atom. The number of hydrogen-bond acceptors (Lipinski definition) is 7. The molecule has 0 bridgehead atoms. The molecule has 10 heteroatoms. The maximum atomic E-state index is 13.6. The number of hydrogen-bond donors (Lipinski definition) is 3. The van der Waals surface area contributed by atoms with E-state index in [-0.39, 0.29) is 37.4 Å². The second kappa shape index (κ2) is 14.3. The standard InChI is InChI=1S/C26H41N3O7/c1-8-10-16-29(24(33)18(4)28-25(34)36-26(5,6)7)21(19-13-11-12-17(3)22(19)31)23(32)27-15-14-20(30)35-9-2/h11-13,18,21,31H,8-10,14-16H2,1-7H3,(H,27,32)(H,28,34). The summed E-state index contributed by atoms with van der Waals surface area (Å²) in [7, 11) is 0. The molecule has 0 aliphatic heterocycles. The maximum absolute atomic E-state index is 13.6. The van der Waals surface area contributed by atoms with E-state index in [2.05, 4.69) is 10.6 Å². The molecule has 2 unspecified atom stereocenters. The van der Waals surface area contributed by atoms with E-state index in [9.17, 15) is 24.3 Å². The molecule has 0 saturated carbocycles. The summed E-state index contributed by atoms with van der Waals surface area (Å²) in [6.45, 7) is 12.4. The number of alkyl carbamates (subject to hydrolysis) is 1. The fraction of sp³-hybridized carbons (Fsp3) is 0.615. The highest BCUT2D eigenvalue weighted by Crippen LogP contribution is 2.32.